The highest BCUT2D eigenvalue weighted by atomic mass is 35.5. The molecule has 0 aliphatic heterocycles. The second kappa shape index (κ2) is 7.27. The predicted molar refractivity (Wildman–Crippen MR) is 74.4 cm³/mol. The molecule has 1 rings (SSSR count). The number of phenols is 1. The van der Waals surface area contributed by atoms with Crippen molar-refractivity contribution in [3.8, 4) is 5.75 Å². The van der Waals surface area contributed by atoms with Crippen LogP contribution >= 0.6 is 11.6 Å². The first-order chi connectivity index (χ1) is 8.60. The first-order valence-corrected chi connectivity index (χ1v) is 6.78. The molecule has 0 unspecified atom stereocenters. The highest BCUT2D eigenvalue weighted by Gasteiger charge is 2.16. The molecule has 4 heteroatoms. The van der Waals surface area contributed by atoms with E-state index < -0.39 is 0 Å². The third-order valence-electron chi connectivity index (χ3n) is 2.86. The van der Waals surface area contributed by atoms with Gasteiger partial charge in [-0.05, 0) is 37.1 Å². The zero-order valence-corrected chi connectivity index (χ0v) is 11.7. The van der Waals surface area contributed by atoms with Gasteiger partial charge in [0.2, 0.25) is 0 Å². The number of nitrogens with zero attached hydrogens (tertiary/aromatic N) is 1. The van der Waals surface area contributed by atoms with Gasteiger partial charge in [0.05, 0.1) is 0 Å². The number of carbonyl (C=O) groups excluding carboxylic acids is 1. The van der Waals surface area contributed by atoms with Crippen LogP contribution in [0.15, 0.2) is 18.2 Å². The lowest BCUT2D eigenvalue weighted by Crippen LogP contribution is -2.34. The smallest absolute Gasteiger partial charge is 0.254 e. The van der Waals surface area contributed by atoms with E-state index in [1.165, 1.54) is 0 Å². The van der Waals surface area contributed by atoms with Gasteiger partial charge in [-0.3, -0.25) is 4.79 Å². The zero-order valence-electron chi connectivity index (χ0n) is 10.9. The van der Waals surface area contributed by atoms with Crippen molar-refractivity contribution in [1.29, 1.82) is 0 Å². The Labute approximate surface area is 113 Å². The average molecular weight is 270 g/mol. The zero-order chi connectivity index (χ0) is 13.5. The lowest BCUT2D eigenvalue weighted by atomic mass is 10.1. The molecule has 0 aliphatic rings. The topological polar surface area (TPSA) is 40.5 Å². The monoisotopic (exact) mass is 269 g/mol. The Morgan fingerprint density at radius 3 is 2.67 bits per heavy atom. The van der Waals surface area contributed by atoms with Crippen LogP contribution in [0, 0.1) is 6.92 Å². The van der Waals surface area contributed by atoms with Crippen molar-refractivity contribution in [2.45, 2.75) is 26.7 Å². The third-order valence-corrected chi connectivity index (χ3v) is 3.03. The summed E-state index contributed by atoms with van der Waals surface area (Å²) in [5, 5.41) is 9.36. The van der Waals surface area contributed by atoms with E-state index in [1.54, 1.807) is 23.1 Å². The van der Waals surface area contributed by atoms with Gasteiger partial charge in [0.15, 0.2) is 0 Å². The molecule has 3 nitrogen and oxygen atoms in total. The molecule has 0 spiro atoms. The molecule has 0 aliphatic carbocycles. The Hall–Kier alpha value is -1.22. The van der Waals surface area contributed by atoms with E-state index >= 15 is 0 Å². The second-order valence-corrected chi connectivity index (χ2v) is 4.71. The second-order valence-electron chi connectivity index (χ2n) is 4.33. The van der Waals surface area contributed by atoms with Gasteiger partial charge in [0, 0.05) is 24.5 Å². The first-order valence-electron chi connectivity index (χ1n) is 6.25. The van der Waals surface area contributed by atoms with Crippen LogP contribution in [0.1, 0.15) is 35.7 Å². The Balaban J connectivity index is 2.87. The van der Waals surface area contributed by atoms with Gasteiger partial charge in [-0.1, -0.05) is 13.3 Å². The fourth-order valence-electron chi connectivity index (χ4n) is 1.82. The van der Waals surface area contributed by atoms with Crippen molar-refractivity contribution in [2.24, 2.45) is 0 Å². The number of aromatic hydroxyl groups is 1. The molecule has 0 aromatic heterocycles. The summed E-state index contributed by atoms with van der Waals surface area (Å²) >= 11 is 5.74. The van der Waals surface area contributed by atoms with Crippen molar-refractivity contribution < 1.29 is 9.90 Å². The molecule has 1 aromatic rings. The van der Waals surface area contributed by atoms with E-state index in [-0.39, 0.29) is 11.7 Å². The van der Waals surface area contributed by atoms with Gasteiger partial charge in [-0.2, -0.15) is 0 Å². The van der Waals surface area contributed by atoms with Crippen LogP contribution in [0.5, 0.6) is 5.75 Å². The van der Waals surface area contributed by atoms with Crippen LogP contribution in [0.4, 0.5) is 0 Å². The molecular weight excluding hydrogens is 250 g/mol. The van der Waals surface area contributed by atoms with Crippen LogP contribution in [-0.2, 0) is 0 Å². The SMILES string of the molecule is CCCCN(CCCl)C(=O)c1ccc(O)cc1C. The van der Waals surface area contributed by atoms with Crippen molar-refractivity contribution in [2.75, 3.05) is 19.0 Å². The average Bonchev–Trinajstić information content (AvgIpc) is 2.33. The predicted octanol–water partition coefficient (Wildman–Crippen LogP) is 3.18. The molecule has 100 valence electrons. The van der Waals surface area contributed by atoms with E-state index in [0.29, 0.717) is 18.0 Å². The Kier molecular flexibility index (Phi) is 5.99. The number of rotatable bonds is 6. The summed E-state index contributed by atoms with van der Waals surface area (Å²) in [4.78, 5) is 14.1. The van der Waals surface area contributed by atoms with Crippen molar-refractivity contribution >= 4 is 17.5 Å². The Morgan fingerprint density at radius 2 is 2.11 bits per heavy atom. The minimum Gasteiger partial charge on any atom is -0.508 e. The normalized spacial score (nSPS) is 10.4. The molecule has 0 saturated carbocycles. The number of unbranched alkanes of at least 4 members (excludes halogenated alkanes) is 1. The Bertz CT molecular complexity index is 407. The van der Waals surface area contributed by atoms with Gasteiger partial charge in [0.25, 0.3) is 5.91 Å². The van der Waals surface area contributed by atoms with E-state index in [1.807, 2.05) is 6.92 Å². The standard InChI is InChI=1S/C14H20ClNO2/c1-3-4-8-16(9-7-15)14(18)13-6-5-12(17)10-11(13)2/h5-6,10,17H,3-4,7-9H2,1-2H3. The number of benzene rings is 1. The number of carbonyl (C=O) groups is 1. The van der Waals surface area contributed by atoms with Gasteiger partial charge >= 0.3 is 0 Å². The Morgan fingerprint density at radius 1 is 1.39 bits per heavy atom. The number of amides is 1. The van der Waals surface area contributed by atoms with Crippen molar-refractivity contribution in [3.63, 3.8) is 0 Å². The van der Waals surface area contributed by atoms with Gasteiger partial charge in [-0.15, -0.1) is 11.6 Å². The number of phenolic OH excluding ortho intramolecular Hbond substituents is 1. The highest BCUT2D eigenvalue weighted by molar-refractivity contribution is 6.18. The lowest BCUT2D eigenvalue weighted by Gasteiger charge is -2.22. The third kappa shape index (κ3) is 3.91. The van der Waals surface area contributed by atoms with Crippen LogP contribution in [0.25, 0.3) is 0 Å². The maximum atomic E-state index is 12.4. The minimum atomic E-state index is -0.0124. The number of alkyl halides is 1. The van der Waals surface area contributed by atoms with E-state index in [4.69, 9.17) is 11.6 Å². The molecule has 1 amide bonds. The summed E-state index contributed by atoms with van der Waals surface area (Å²) < 4.78 is 0. The largest absolute Gasteiger partial charge is 0.508 e. The summed E-state index contributed by atoms with van der Waals surface area (Å²) in [5.41, 5.74) is 1.42. The number of aryl methyl sites for hydroxylation is 1. The van der Waals surface area contributed by atoms with E-state index in [0.717, 1.165) is 24.9 Å². The van der Waals surface area contributed by atoms with Crippen LogP contribution < -0.4 is 0 Å². The maximum Gasteiger partial charge on any atom is 0.254 e. The number of hydrogen-bond donors (Lipinski definition) is 1. The molecule has 18 heavy (non-hydrogen) atoms. The van der Waals surface area contributed by atoms with E-state index in [9.17, 15) is 9.90 Å². The molecule has 1 N–H and O–H groups in total. The highest BCUT2D eigenvalue weighted by Crippen LogP contribution is 2.17. The van der Waals surface area contributed by atoms with Crippen molar-refractivity contribution in [3.05, 3.63) is 29.3 Å². The summed E-state index contributed by atoms with van der Waals surface area (Å²) in [6, 6.07) is 4.81. The van der Waals surface area contributed by atoms with Crippen LogP contribution in [0.2, 0.25) is 0 Å². The molecule has 0 fully saturated rings. The van der Waals surface area contributed by atoms with Gasteiger partial charge < -0.3 is 10.0 Å². The fraction of sp³-hybridized carbons (Fsp3) is 0.500. The van der Waals surface area contributed by atoms with Gasteiger partial charge in [-0.25, -0.2) is 0 Å². The summed E-state index contributed by atoms with van der Waals surface area (Å²) in [7, 11) is 0. The van der Waals surface area contributed by atoms with Crippen LogP contribution in [0.3, 0.4) is 0 Å². The maximum absolute atomic E-state index is 12.4. The molecule has 0 atom stereocenters. The first kappa shape index (κ1) is 14.8. The number of halogens is 1. The number of hydrogen-bond acceptors (Lipinski definition) is 2. The lowest BCUT2D eigenvalue weighted by molar-refractivity contribution is 0.0762. The quantitative estimate of drug-likeness (QED) is 0.806. The molecule has 0 bridgehead atoms. The molecular formula is C14H20ClNO2. The fourth-order valence-corrected chi connectivity index (χ4v) is 2.03. The molecule has 0 saturated heterocycles. The minimum absolute atomic E-state index is 0.0124. The molecule has 1 aromatic carbocycles. The van der Waals surface area contributed by atoms with Gasteiger partial charge in [0.1, 0.15) is 5.75 Å². The summed E-state index contributed by atoms with van der Waals surface area (Å²) in [6.45, 7) is 5.20. The molecule has 0 heterocycles. The molecule has 0 radical (unpaired) electrons. The van der Waals surface area contributed by atoms with E-state index in [2.05, 4.69) is 6.92 Å². The van der Waals surface area contributed by atoms with Crippen LogP contribution in [-0.4, -0.2) is 34.9 Å². The van der Waals surface area contributed by atoms with Crippen molar-refractivity contribution in [1.82, 2.24) is 4.90 Å². The summed E-state index contributed by atoms with van der Waals surface area (Å²) in [6.07, 6.45) is 2.01. The summed E-state index contributed by atoms with van der Waals surface area (Å²) in [5.74, 6) is 0.607.